The zero-order valence-corrected chi connectivity index (χ0v) is 17.5. The number of nitrogens with zero attached hydrogens (tertiary/aromatic N) is 4. The molecule has 7 nitrogen and oxygen atoms in total. The van der Waals surface area contributed by atoms with Crippen molar-refractivity contribution < 1.29 is 9.90 Å². The lowest BCUT2D eigenvalue weighted by Crippen LogP contribution is -2.21. The van der Waals surface area contributed by atoms with Crippen LogP contribution in [0.1, 0.15) is 19.4 Å². The van der Waals surface area contributed by atoms with Crippen molar-refractivity contribution in [2.24, 2.45) is 5.10 Å². The number of hydrazone groups is 1. The van der Waals surface area contributed by atoms with Gasteiger partial charge in [-0.05, 0) is 50.2 Å². The largest absolute Gasteiger partial charge is 0.507 e. The number of rotatable bonds is 7. The first-order valence-corrected chi connectivity index (χ1v) is 10.3. The maximum atomic E-state index is 12.2. The molecule has 0 saturated carbocycles. The maximum Gasteiger partial charge on any atom is 0.250 e. The van der Waals surface area contributed by atoms with Gasteiger partial charge >= 0.3 is 0 Å². The zero-order chi connectivity index (χ0) is 20.8. The van der Waals surface area contributed by atoms with E-state index in [1.54, 1.807) is 43.3 Å². The van der Waals surface area contributed by atoms with E-state index < -0.39 is 0 Å². The van der Waals surface area contributed by atoms with Crippen LogP contribution in [0.2, 0.25) is 5.02 Å². The number of benzene rings is 2. The fraction of sp³-hybridized carbons (Fsp3) is 0.200. The molecule has 3 aromatic rings. The second-order valence-electron chi connectivity index (χ2n) is 6.10. The number of thioether (sulfide) groups is 1. The Morgan fingerprint density at radius 1 is 1.21 bits per heavy atom. The summed E-state index contributed by atoms with van der Waals surface area (Å²) in [6, 6.07) is 14.2. The Bertz CT molecular complexity index is 1030. The summed E-state index contributed by atoms with van der Waals surface area (Å²) in [7, 11) is 0. The molecule has 3 rings (SSSR count). The molecule has 0 unspecified atom stereocenters. The Morgan fingerprint density at radius 3 is 2.62 bits per heavy atom. The molecule has 0 radical (unpaired) electrons. The van der Waals surface area contributed by atoms with Crippen LogP contribution in [0.3, 0.4) is 0 Å². The SMILES string of the molecule is CCn1c(SCC(=O)N/N=C(\C)c2ccccc2O)nnc1-c1ccc(Cl)cc1. The van der Waals surface area contributed by atoms with E-state index in [1.807, 2.05) is 23.6 Å². The fourth-order valence-corrected chi connectivity index (χ4v) is 3.56. The van der Waals surface area contributed by atoms with Gasteiger partial charge in [0.2, 0.25) is 0 Å². The summed E-state index contributed by atoms with van der Waals surface area (Å²) >= 11 is 7.23. The average Bonchev–Trinajstić information content (AvgIpc) is 3.14. The van der Waals surface area contributed by atoms with Crippen LogP contribution in [-0.2, 0) is 11.3 Å². The fourth-order valence-electron chi connectivity index (χ4n) is 2.64. The Kier molecular flexibility index (Phi) is 6.90. The highest BCUT2D eigenvalue weighted by Crippen LogP contribution is 2.25. The topological polar surface area (TPSA) is 92.4 Å². The van der Waals surface area contributed by atoms with E-state index in [0.29, 0.717) is 28.0 Å². The molecule has 0 atom stereocenters. The van der Waals surface area contributed by atoms with Crippen molar-refractivity contribution in [3.8, 4) is 17.1 Å². The van der Waals surface area contributed by atoms with Gasteiger partial charge in [-0.25, -0.2) is 5.43 Å². The van der Waals surface area contributed by atoms with Crippen LogP contribution in [0.5, 0.6) is 5.75 Å². The van der Waals surface area contributed by atoms with Gasteiger partial charge in [0.25, 0.3) is 5.91 Å². The third-order valence-electron chi connectivity index (χ3n) is 4.11. The molecule has 0 aliphatic heterocycles. The molecule has 150 valence electrons. The van der Waals surface area contributed by atoms with Gasteiger partial charge in [0.05, 0.1) is 11.5 Å². The van der Waals surface area contributed by atoms with Crippen LogP contribution in [-0.4, -0.2) is 37.2 Å². The number of halogens is 1. The molecule has 0 bridgehead atoms. The van der Waals surface area contributed by atoms with E-state index in [0.717, 1.165) is 11.4 Å². The number of carbonyl (C=O) groups is 1. The number of phenolic OH excluding ortho intramolecular Hbond substituents is 1. The molecule has 29 heavy (non-hydrogen) atoms. The van der Waals surface area contributed by atoms with Gasteiger partial charge in [0.15, 0.2) is 11.0 Å². The Balaban J connectivity index is 1.64. The summed E-state index contributed by atoms with van der Waals surface area (Å²) in [5.74, 6) is 0.697. The number of amides is 1. The van der Waals surface area contributed by atoms with E-state index in [-0.39, 0.29) is 17.4 Å². The molecule has 1 amide bonds. The minimum atomic E-state index is -0.275. The molecule has 1 heterocycles. The highest BCUT2D eigenvalue weighted by Gasteiger charge is 2.14. The van der Waals surface area contributed by atoms with Crippen LogP contribution in [0.25, 0.3) is 11.4 Å². The monoisotopic (exact) mass is 429 g/mol. The molecular formula is C20H20ClN5O2S. The third-order valence-corrected chi connectivity index (χ3v) is 5.33. The van der Waals surface area contributed by atoms with Crippen LogP contribution < -0.4 is 5.43 Å². The summed E-state index contributed by atoms with van der Waals surface area (Å²) in [6.07, 6.45) is 0. The predicted molar refractivity (Wildman–Crippen MR) is 115 cm³/mol. The Labute approximate surface area is 177 Å². The normalized spacial score (nSPS) is 11.5. The molecule has 0 spiro atoms. The molecule has 2 aromatic carbocycles. The van der Waals surface area contributed by atoms with Gasteiger partial charge < -0.3 is 9.67 Å². The van der Waals surface area contributed by atoms with Crippen molar-refractivity contribution in [1.82, 2.24) is 20.2 Å². The van der Waals surface area contributed by atoms with Crippen LogP contribution in [0, 0.1) is 0 Å². The standard InChI is InChI=1S/C20H20ClN5O2S/c1-3-26-19(14-8-10-15(21)11-9-14)24-25-20(26)29-12-18(28)23-22-13(2)16-6-4-5-7-17(16)27/h4-11,27H,3,12H2,1-2H3,(H,23,28)/b22-13+. The van der Waals surface area contributed by atoms with Crippen molar-refractivity contribution in [2.45, 2.75) is 25.5 Å². The van der Waals surface area contributed by atoms with Crippen molar-refractivity contribution in [1.29, 1.82) is 0 Å². The number of aromatic nitrogens is 3. The third kappa shape index (κ3) is 5.16. The van der Waals surface area contributed by atoms with Crippen molar-refractivity contribution in [3.05, 3.63) is 59.1 Å². The highest BCUT2D eigenvalue weighted by molar-refractivity contribution is 7.99. The number of carbonyl (C=O) groups excluding carboxylic acids is 1. The minimum absolute atomic E-state index is 0.114. The molecule has 1 aromatic heterocycles. The maximum absolute atomic E-state index is 12.2. The van der Waals surface area contributed by atoms with Crippen molar-refractivity contribution in [3.63, 3.8) is 0 Å². The molecule has 0 fully saturated rings. The number of hydrogen-bond acceptors (Lipinski definition) is 6. The summed E-state index contributed by atoms with van der Waals surface area (Å²) < 4.78 is 1.94. The first-order valence-electron chi connectivity index (χ1n) is 8.93. The van der Waals surface area contributed by atoms with Gasteiger partial charge in [-0.2, -0.15) is 5.10 Å². The van der Waals surface area contributed by atoms with Gasteiger partial charge in [-0.15, -0.1) is 10.2 Å². The second-order valence-corrected chi connectivity index (χ2v) is 7.47. The lowest BCUT2D eigenvalue weighted by Gasteiger charge is -2.07. The average molecular weight is 430 g/mol. The van der Waals surface area contributed by atoms with Gasteiger partial charge in [0.1, 0.15) is 5.75 Å². The van der Waals surface area contributed by atoms with E-state index in [4.69, 9.17) is 11.6 Å². The van der Waals surface area contributed by atoms with Crippen LogP contribution in [0.4, 0.5) is 0 Å². The summed E-state index contributed by atoms with van der Waals surface area (Å²) in [4.78, 5) is 12.2. The first kappa shape index (κ1) is 20.9. The number of nitrogens with one attached hydrogen (secondary N) is 1. The first-order chi connectivity index (χ1) is 14.0. The molecule has 0 aliphatic rings. The number of hydrogen-bond donors (Lipinski definition) is 2. The summed E-state index contributed by atoms with van der Waals surface area (Å²) in [5, 5.41) is 23.7. The zero-order valence-electron chi connectivity index (χ0n) is 16.0. The quantitative estimate of drug-likeness (QED) is 0.337. The van der Waals surface area contributed by atoms with E-state index in [2.05, 4.69) is 20.7 Å². The number of phenols is 1. The highest BCUT2D eigenvalue weighted by atomic mass is 35.5. The van der Waals surface area contributed by atoms with E-state index in [1.165, 1.54) is 11.8 Å². The number of aromatic hydroxyl groups is 1. The smallest absolute Gasteiger partial charge is 0.250 e. The van der Waals surface area contributed by atoms with E-state index >= 15 is 0 Å². The van der Waals surface area contributed by atoms with Gasteiger partial charge in [-0.1, -0.05) is 35.5 Å². The molecule has 2 N–H and O–H groups in total. The second kappa shape index (κ2) is 9.58. The van der Waals surface area contributed by atoms with Gasteiger partial charge in [0, 0.05) is 22.7 Å². The molecular weight excluding hydrogens is 410 g/mol. The Hall–Kier alpha value is -2.84. The van der Waals surface area contributed by atoms with E-state index in [9.17, 15) is 9.90 Å². The molecule has 0 aliphatic carbocycles. The Morgan fingerprint density at radius 2 is 1.93 bits per heavy atom. The molecule has 9 heteroatoms. The lowest BCUT2D eigenvalue weighted by molar-refractivity contribution is -0.118. The summed E-state index contributed by atoms with van der Waals surface area (Å²) in [6.45, 7) is 4.38. The lowest BCUT2D eigenvalue weighted by atomic mass is 10.1. The predicted octanol–water partition coefficient (Wildman–Crippen LogP) is 3.96. The van der Waals surface area contributed by atoms with Crippen molar-refractivity contribution >= 4 is 35.0 Å². The van der Waals surface area contributed by atoms with Gasteiger partial charge in [-0.3, -0.25) is 4.79 Å². The van der Waals surface area contributed by atoms with Crippen LogP contribution >= 0.6 is 23.4 Å². The number of para-hydroxylation sites is 1. The van der Waals surface area contributed by atoms with Crippen LogP contribution in [0.15, 0.2) is 58.8 Å². The minimum Gasteiger partial charge on any atom is -0.507 e. The van der Waals surface area contributed by atoms with Crippen molar-refractivity contribution in [2.75, 3.05) is 5.75 Å². The summed E-state index contributed by atoms with van der Waals surface area (Å²) in [5.41, 5.74) is 4.50. The molecule has 0 saturated heterocycles.